The molecule has 0 radical (unpaired) electrons. The molecule has 1 aliphatic heterocycles. The third-order valence-electron chi connectivity index (χ3n) is 7.30. The van der Waals surface area contributed by atoms with Crippen LogP contribution in [0.4, 0.5) is 0 Å². The molecule has 1 saturated heterocycles. The van der Waals surface area contributed by atoms with Crippen molar-refractivity contribution in [2.45, 2.75) is 78.3 Å². The molecule has 47 heavy (non-hydrogen) atoms. The Balaban J connectivity index is 0.000000848. The molecule has 2 aromatic carbocycles. The molecular formula is C38H62N6O3. The lowest BCUT2D eigenvalue weighted by molar-refractivity contribution is -0.120. The summed E-state index contributed by atoms with van der Waals surface area (Å²) in [5.41, 5.74) is 14.9. The van der Waals surface area contributed by atoms with Crippen molar-refractivity contribution in [3.05, 3.63) is 96.3 Å². The predicted molar refractivity (Wildman–Crippen MR) is 195 cm³/mol. The first-order valence-electron chi connectivity index (χ1n) is 17.0. The number of carbonyl (C=O) groups excluding carboxylic acids is 2. The van der Waals surface area contributed by atoms with Crippen LogP contribution in [0.2, 0.25) is 0 Å². The van der Waals surface area contributed by atoms with E-state index in [4.69, 9.17) is 16.2 Å². The van der Waals surface area contributed by atoms with Gasteiger partial charge in [-0.25, -0.2) is 0 Å². The molecule has 9 heteroatoms. The molecule has 2 aromatic rings. The monoisotopic (exact) mass is 650 g/mol. The first-order chi connectivity index (χ1) is 22.5. The molecule has 1 aliphatic rings. The van der Waals surface area contributed by atoms with E-state index < -0.39 is 6.04 Å². The molecule has 8 N–H and O–H groups in total. The van der Waals surface area contributed by atoms with Crippen LogP contribution in [0, 0.1) is 18.8 Å². The van der Waals surface area contributed by atoms with Crippen LogP contribution in [-0.4, -0.2) is 63.3 Å². The Kier molecular flexibility index (Phi) is 22.4. The van der Waals surface area contributed by atoms with Crippen molar-refractivity contribution < 1.29 is 14.3 Å². The summed E-state index contributed by atoms with van der Waals surface area (Å²) in [5, 5.41) is 12.5. The highest BCUT2D eigenvalue weighted by Crippen LogP contribution is 2.15. The van der Waals surface area contributed by atoms with Crippen molar-refractivity contribution in [1.29, 1.82) is 0 Å². The van der Waals surface area contributed by atoms with E-state index in [9.17, 15) is 9.59 Å². The number of unbranched alkanes of at least 4 members (excludes halogenated alkanes) is 1. The summed E-state index contributed by atoms with van der Waals surface area (Å²) in [5.74, 6) is 0.924. The zero-order valence-corrected chi connectivity index (χ0v) is 29.4. The van der Waals surface area contributed by atoms with Crippen molar-refractivity contribution >= 4 is 11.8 Å². The fraction of sp³-hybridized carbons (Fsp3) is 0.526. The van der Waals surface area contributed by atoms with Gasteiger partial charge in [-0.2, -0.15) is 0 Å². The molecule has 2 amide bonds. The van der Waals surface area contributed by atoms with Crippen LogP contribution in [0.15, 0.2) is 85.2 Å². The second kappa shape index (κ2) is 25.4. The van der Waals surface area contributed by atoms with Gasteiger partial charge in [0.2, 0.25) is 11.8 Å². The maximum absolute atomic E-state index is 12.8. The van der Waals surface area contributed by atoms with Gasteiger partial charge in [-0.15, -0.1) is 0 Å². The van der Waals surface area contributed by atoms with Gasteiger partial charge >= 0.3 is 0 Å². The Hall–Kier alpha value is -3.66. The van der Waals surface area contributed by atoms with Gasteiger partial charge in [0.1, 0.15) is 0 Å². The van der Waals surface area contributed by atoms with Crippen molar-refractivity contribution in [1.82, 2.24) is 21.3 Å². The highest BCUT2D eigenvalue weighted by molar-refractivity contribution is 5.79. The number of aryl methyl sites for hydroxylation is 1. The molecule has 3 rings (SSSR count). The largest absolute Gasteiger partial charge is 0.387 e. The summed E-state index contributed by atoms with van der Waals surface area (Å²) < 4.78 is 5.43. The summed E-state index contributed by atoms with van der Waals surface area (Å²) in [6.45, 7) is 19.8. The minimum Gasteiger partial charge on any atom is -0.387 e. The third kappa shape index (κ3) is 21.0. The zero-order chi connectivity index (χ0) is 34.9. The van der Waals surface area contributed by atoms with E-state index in [-0.39, 0.29) is 30.9 Å². The Labute approximate surface area is 284 Å². The summed E-state index contributed by atoms with van der Waals surface area (Å²) in [4.78, 5) is 24.8. The van der Waals surface area contributed by atoms with E-state index in [1.54, 1.807) is 0 Å². The molecule has 0 aliphatic carbocycles. The highest BCUT2D eigenvalue weighted by atomic mass is 16.5. The van der Waals surface area contributed by atoms with Crippen molar-refractivity contribution in [2.24, 2.45) is 23.3 Å². The highest BCUT2D eigenvalue weighted by Gasteiger charge is 2.20. The number of nitrogens with two attached hydrogens (primary N) is 2. The molecule has 262 valence electrons. The van der Waals surface area contributed by atoms with Gasteiger partial charge < -0.3 is 37.5 Å². The van der Waals surface area contributed by atoms with Gasteiger partial charge in [0.25, 0.3) is 0 Å². The molecular weight excluding hydrogens is 588 g/mol. The van der Waals surface area contributed by atoms with Gasteiger partial charge in [0.15, 0.2) is 0 Å². The molecule has 1 heterocycles. The normalized spacial score (nSPS) is 13.9. The quantitative estimate of drug-likeness (QED) is 0.138. The van der Waals surface area contributed by atoms with Crippen LogP contribution in [-0.2, 0) is 20.7 Å². The van der Waals surface area contributed by atoms with Crippen molar-refractivity contribution in [3.63, 3.8) is 0 Å². The van der Waals surface area contributed by atoms with E-state index in [0.29, 0.717) is 24.6 Å². The first-order valence-corrected chi connectivity index (χ1v) is 17.0. The average molecular weight is 651 g/mol. The minimum absolute atomic E-state index is 0.0310. The van der Waals surface area contributed by atoms with E-state index >= 15 is 0 Å². The average Bonchev–Trinajstić information content (AvgIpc) is 3.06. The lowest BCUT2D eigenvalue weighted by Gasteiger charge is -2.27. The Morgan fingerprint density at radius 2 is 1.38 bits per heavy atom. The van der Waals surface area contributed by atoms with Gasteiger partial charge in [-0.05, 0) is 69.4 Å². The molecule has 2 unspecified atom stereocenters. The maximum atomic E-state index is 12.8. The molecule has 0 bridgehead atoms. The number of amides is 2. The van der Waals surface area contributed by atoms with Crippen LogP contribution in [0.1, 0.15) is 64.0 Å². The molecule has 0 saturated carbocycles. The smallest absolute Gasteiger partial charge is 0.239 e. The van der Waals surface area contributed by atoms with Crippen molar-refractivity contribution in [2.75, 3.05) is 39.4 Å². The number of carbonyl (C=O) groups is 2. The minimum atomic E-state index is -0.396. The topological polar surface area (TPSA) is 144 Å². The summed E-state index contributed by atoms with van der Waals surface area (Å²) in [6, 6.07) is 19.4. The Morgan fingerprint density at radius 1 is 0.830 bits per heavy atom. The fourth-order valence-electron chi connectivity index (χ4n) is 4.64. The lowest BCUT2D eigenvalue weighted by atomic mass is 9.99. The second-order valence-corrected chi connectivity index (χ2v) is 12.6. The number of ether oxygens (including phenoxy) is 1. The van der Waals surface area contributed by atoms with Crippen LogP contribution in [0.3, 0.4) is 0 Å². The molecule has 2 atom stereocenters. The number of rotatable bonds is 17. The van der Waals surface area contributed by atoms with Gasteiger partial charge in [-0.1, -0.05) is 100 Å². The van der Waals surface area contributed by atoms with E-state index in [0.717, 1.165) is 69.0 Å². The third-order valence-corrected chi connectivity index (χ3v) is 7.30. The number of hydrogen-bond donors (Lipinski definition) is 6. The van der Waals surface area contributed by atoms with Crippen LogP contribution in [0.5, 0.6) is 0 Å². The van der Waals surface area contributed by atoms with Gasteiger partial charge in [0, 0.05) is 31.2 Å². The Bertz CT molecular complexity index is 1130. The molecule has 9 nitrogen and oxygen atoms in total. The maximum Gasteiger partial charge on any atom is 0.239 e. The number of hydrogen-bond acceptors (Lipinski definition) is 7. The predicted octanol–water partition coefficient (Wildman–Crippen LogP) is 4.58. The Morgan fingerprint density at radius 3 is 1.91 bits per heavy atom. The van der Waals surface area contributed by atoms with Crippen LogP contribution in [0.25, 0.3) is 0 Å². The fourth-order valence-corrected chi connectivity index (χ4v) is 4.64. The van der Waals surface area contributed by atoms with Crippen LogP contribution >= 0.6 is 0 Å². The van der Waals surface area contributed by atoms with Crippen molar-refractivity contribution in [3.8, 4) is 0 Å². The SMILES string of the molecule is C=C(NCC1CCOCC1)C(CCCCN)NC(=O)CNC(=C)C(Cc1ccccc1)NC(=O)CN.CC(C)C.Cc1ccccc1. The molecule has 0 spiro atoms. The summed E-state index contributed by atoms with van der Waals surface area (Å²) in [7, 11) is 0. The lowest BCUT2D eigenvalue weighted by Crippen LogP contribution is -2.47. The summed E-state index contributed by atoms with van der Waals surface area (Å²) in [6.07, 6.45) is 5.13. The number of nitrogens with one attached hydrogen (secondary N) is 4. The number of benzene rings is 2. The van der Waals surface area contributed by atoms with Gasteiger partial charge in [0.05, 0.1) is 25.2 Å². The zero-order valence-electron chi connectivity index (χ0n) is 29.4. The molecule has 0 aromatic heterocycles. The second-order valence-electron chi connectivity index (χ2n) is 12.6. The van der Waals surface area contributed by atoms with E-state index in [2.05, 4.69) is 74.3 Å². The standard InChI is InChI=1S/C27H44N6O3.C7H8.C4H10/c1-20(30-18-23-11-14-36-15-12-23)24(10-6-7-13-28)32-27(35)19-31-21(2)25(33-26(34)17-29)16-22-8-4-3-5-9-22;1-7-5-3-2-4-6-7;1-4(2)3/h3-5,8-9,23-25,30-31H,1-2,6-7,10-19,28-29H2,(H,32,35)(H,33,34);2-6H,1H3;4H,1-3H3. The van der Waals surface area contributed by atoms with Gasteiger partial charge in [-0.3, -0.25) is 9.59 Å². The first kappa shape index (κ1) is 41.4. The van der Waals surface area contributed by atoms with Crippen LogP contribution < -0.4 is 32.7 Å². The van der Waals surface area contributed by atoms with E-state index in [1.165, 1.54) is 5.56 Å². The van der Waals surface area contributed by atoms with E-state index in [1.807, 2.05) is 48.5 Å². The molecule has 1 fully saturated rings. The summed E-state index contributed by atoms with van der Waals surface area (Å²) >= 11 is 0.